The Morgan fingerprint density at radius 3 is 2.35 bits per heavy atom. The zero-order valence-electron chi connectivity index (χ0n) is 11.9. The molecule has 1 aliphatic carbocycles. The molecule has 3 nitrogen and oxygen atoms in total. The van der Waals surface area contributed by atoms with Gasteiger partial charge in [-0.25, -0.2) is 0 Å². The SMILES string of the molecule is CCOCC(C)(CN)N(CC)C1CCCCC1. The van der Waals surface area contributed by atoms with Crippen molar-refractivity contribution in [3.05, 3.63) is 0 Å². The Morgan fingerprint density at radius 2 is 1.88 bits per heavy atom. The molecular weight excluding hydrogens is 212 g/mol. The Labute approximate surface area is 107 Å². The standard InChI is InChI=1S/C14H30N2O/c1-4-16(13-9-7-6-8-10-13)14(3,11-15)12-17-5-2/h13H,4-12,15H2,1-3H3. The molecule has 0 aromatic heterocycles. The average molecular weight is 242 g/mol. The van der Waals surface area contributed by atoms with Gasteiger partial charge in [-0.2, -0.15) is 0 Å². The number of nitrogens with zero attached hydrogens (tertiary/aromatic N) is 1. The predicted octanol–water partition coefficient (Wildman–Crippen LogP) is 2.39. The third-order valence-electron chi connectivity index (χ3n) is 4.11. The van der Waals surface area contributed by atoms with Gasteiger partial charge in [-0.05, 0) is 33.2 Å². The molecule has 0 saturated heterocycles. The molecule has 1 fully saturated rings. The van der Waals surface area contributed by atoms with Gasteiger partial charge in [0.1, 0.15) is 0 Å². The third-order valence-corrected chi connectivity index (χ3v) is 4.11. The molecule has 1 saturated carbocycles. The number of hydrogen-bond donors (Lipinski definition) is 1. The second-order valence-corrected chi connectivity index (χ2v) is 5.42. The summed E-state index contributed by atoms with van der Waals surface area (Å²) in [6, 6.07) is 0.711. The lowest BCUT2D eigenvalue weighted by molar-refractivity contribution is -0.0191. The van der Waals surface area contributed by atoms with E-state index < -0.39 is 0 Å². The number of nitrogens with two attached hydrogens (primary N) is 1. The van der Waals surface area contributed by atoms with E-state index in [1.165, 1.54) is 32.1 Å². The minimum atomic E-state index is 0.00671. The molecular formula is C14H30N2O. The van der Waals surface area contributed by atoms with Crippen LogP contribution in [0, 0.1) is 0 Å². The molecule has 3 heteroatoms. The molecule has 0 aliphatic heterocycles. The molecule has 17 heavy (non-hydrogen) atoms. The van der Waals surface area contributed by atoms with E-state index in [4.69, 9.17) is 10.5 Å². The van der Waals surface area contributed by atoms with E-state index in [0.717, 1.165) is 19.8 Å². The maximum atomic E-state index is 6.01. The van der Waals surface area contributed by atoms with Crippen molar-refractivity contribution < 1.29 is 4.74 Å². The van der Waals surface area contributed by atoms with Gasteiger partial charge < -0.3 is 10.5 Å². The number of likely N-dealkylation sites (N-methyl/N-ethyl adjacent to an activating group) is 1. The van der Waals surface area contributed by atoms with Crippen molar-refractivity contribution in [1.82, 2.24) is 4.90 Å². The lowest BCUT2D eigenvalue weighted by Gasteiger charge is -2.46. The first-order valence-electron chi connectivity index (χ1n) is 7.22. The first-order chi connectivity index (χ1) is 8.18. The van der Waals surface area contributed by atoms with Crippen molar-refractivity contribution in [3.8, 4) is 0 Å². The molecule has 1 atom stereocenters. The largest absolute Gasteiger partial charge is 0.380 e. The number of rotatable bonds is 7. The van der Waals surface area contributed by atoms with Crippen molar-refractivity contribution in [1.29, 1.82) is 0 Å². The van der Waals surface area contributed by atoms with Gasteiger partial charge in [-0.3, -0.25) is 4.90 Å². The Bertz CT molecular complexity index is 204. The molecule has 1 aliphatic rings. The van der Waals surface area contributed by atoms with Crippen LogP contribution in [-0.2, 0) is 4.74 Å². The summed E-state index contributed by atoms with van der Waals surface area (Å²) in [4.78, 5) is 2.59. The van der Waals surface area contributed by atoms with Gasteiger partial charge in [-0.15, -0.1) is 0 Å². The highest BCUT2D eigenvalue weighted by Gasteiger charge is 2.35. The van der Waals surface area contributed by atoms with E-state index in [-0.39, 0.29) is 5.54 Å². The predicted molar refractivity (Wildman–Crippen MR) is 73.2 cm³/mol. The summed E-state index contributed by atoms with van der Waals surface area (Å²) in [5.74, 6) is 0. The first kappa shape index (κ1) is 14.9. The van der Waals surface area contributed by atoms with Crippen LogP contribution in [0.15, 0.2) is 0 Å². The molecule has 0 spiro atoms. The summed E-state index contributed by atoms with van der Waals surface area (Å²) in [5.41, 5.74) is 6.02. The second-order valence-electron chi connectivity index (χ2n) is 5.42. The van der Waals surface area contributed by atoms with Crippen LogP contribution >= 0.6 is 0 Å². The fourth-order valence-corrected chi connectivity index (χ4v) is 3.05. The second kappa shape index (κ2) is 7.34. The van der Waals surface area contributed by atoms with E-state index in [9.17, 15) is 0 Å². The molecule has 0 heterocycles. The Kier molecular flexibility index (Phi) is 6.45. The van der Waals surface area contributed by atoms with Gasteiger partial charge in [0.15, 0.2) is 0 Å². The lowest BCUT2D eigenvalue weighted by atomic mass is 9.89. The van der Waals surface area contributed by atoms with Crippen molar-refractivity contribution >= 4 is 0 Å². The highest BCUT2D eigenvalue weighted by molar-refractivity contribution is 4.91. The molecule has 1 rings (SSSR count). The number of hydrogen-bond acceptors (Lipinski definition) is 3. The van der Waals surface area contributed by atoms with Gasteiger partial charge in [0.05, 0.1) is 12.1 Å². The average Bonchev–Trinajstić information content (AvgIpc) is 2.38. The van der Waals surface area contributed by atoms with Crippen LogP contribution in [-0.4, -0.2) is 42.8 Å². The van der Waals surface area contributed by atoms with Crippen LogP contribution in [0.5, 0.6) is 0 Å². The van der Waals surface area contributed by atoms with Crippen LogP contribution in [0.3, 0.4) is 0 Å². The Balaban J connectivity index is 2.66. The van der Waals surface area contributed by atoms with E-state index in [0.29, 0.717) is 12.6 Å². The quantitative estimate of drug-likeness (QED) is 0.745. The summed E-state index contributed by atoms with van der Waals surface area (Å²) in [5, 5.41) is 0. The zero-order valence-corrected chi connectivity index (χ0v) is 11.9. The van der Waals surface area contributed by atoms with Crippen molar-refractivity contribution in [2.45, 2.75) is 64.5 Å². The molecule has 0 bridgehead atoms. The molecule has 1 unspecified atom stereocenters. The molecule has 0 radical (unpaired) electrons. The van der Waals surface area contributed by atoms with Crippen LogP contribution < -0.4 is 5.73 Å². The summed E-state index contributed by atoms with van der Waals surface area (Å²) in [7, 11) is 0. The van der Waals surface area contributed by atoms with Gasteiger partial charge in [0, 0.05) is 19.2 Å². The summed E-state index contributed by atoms with van der Waals surface area (Å²) in [6.45, 7) is 9.83. The molecule has 0 aromatic carbocycles. The van der Waals surface area contributed by atoms with E-state index in [1.807, 2.05) is 6.92 Å². The molecule has 102 valence electrons. The Hall–Kier alpha value is -0.120. The number of ether oxygens (including phenoxy) is 1. The van der Waals surface area contributed by atoms with Crippen LogP contribution in [0.25, 0.3) is 0 Å². The van der Waals surface area contributed by atoms with Crippen LogP contribution in [0.4, 0.5) is 0 Å². The molecule has 0 amide bonds. The van der Waals surface area contributed by atoms with E-state index in [2.05, 4.69) is 18.7 Å². The van der Waals surface area contributed by atoms with Crippen LogP contribution in [0.1, 0.15) is 52.9 Å². The smallest absolute Gasteiger partial charge is 0.0660 e. The first-order valence-corrected chi connectivity index (χ1v) is 7.22. The fourth-order valence-electron chi connectivity index (χ4n) is 3.05. The summed E-state index contributed by atoms with van der Waals surface area (Å²) < 4.78 is 5.64. The summed E-state index contributed by atoms with van der Waals surface area (Å²) in [6.07, 6.45) is 6.80. The summed E-state index contributed by atoms with van der Waals surface area (Å²) >= 11 is 0. The van der Waals surface area contributed by atoms with Crippen molar-refractivity contribution in [3.63, 3.8) is 0 Å². The van der Waals surface area contributed by atoms with Crippen LogP contribution in [0.2, 0.25) is 0 Å². The maximum Gasteiger partial charge on any atom is 0.0660 e. The monoisotopic (exact) mass is 242 g/mol. The van der Waals surface area contributed by atoms with Gasteiger partial charge in [-0.1, -0.05) is 26.2 Å². The normalized spacial score (nSPS) is 21.7. The van der Waals surface area contributed by atoms with E-state index >= 15 is 0 Å². The van der Waals surface area contributed by atoms with Gasteiger partial charge >= 0.3 is 0 Å². The maximum absolute atomic E-state index is 6.01. The minimum Gasteiger partial charge on any atom is -0.380 e. The van der Waals surface area contributed by atoms with E-state index in [1.54, 1.807) is 0 Å². The van der Waals surface area contributed by atoms with Gasteiger partial charge in [0.25, 0.3) is 0 Å². The lowest BCUT2D eigenvalue weighted by Crippen LogP contribution is -2.58. The molecule has 2 N–H and O–H groups in total. The third kappa shape index (κ3) is 3.94. The topological polar surface area (TPSA) is 38.5 Å². The minimum absolute atomic E-state index is 0.00671. The van der Waals surface area contributed by atoms with Gasteiger partial charge in [0.2, 0.25) is 0 Å². The molecule has 0 aromatic rings. The highest BCUT2D eigenvalue weighted by atomic mass is 16.5. The van der Waals surface area contributed by atoms with Crippen molar-refractivity contribution in [2.75, 3.05) is 26.3 Å². The zero-order chi connectivity index (χ0) is 12.7. The fraction of sp³-hybridized carbons (Fsp3) is 1.00. The Morgan fingerprint density at radius 1 is 1.24 bits per heavy atom. The van der Waals surface area contributed by atoms with Crippen molar-refractivity contribution in [2.24, 2.45) is 5.73 Å². The highest BCUT2D eigenvalue weighted by Crippen LogP contribution is 2.28.